The fourth-order valence-electron chi connectivity index (χ4n) is 1.26. The Morgan fingerprint density at radius 1 is 1.67 bits per heavy atom. The number of Topliss-reactive ketones (excluding diaryl/α,β-unsaturated/α-hetero) is 1. The Morgan fingerprint density at radius 2 is 2.33 bits per heavy atom. The molecule has 0 radical (unpaired) electrons. The SMILES string of the molecule is Cc1sc(Br)cc1C(=O)C1CC1. The molecule has 0 unspecified atom stereocenters. The second kappa shape index (κ2) is 2.96. The van der Waals surface area contributed by atoms with Crippen molar-refractivity contribution in [1.82, 2.24) is 0 Å². The molecule has 1 aromatic heterocycles. The summed E-state index contributed by atoms with van der Waals surface area (Å²) in [6.45, 7) is 2.00. The van der Waals surface area contributed by atoms with Crippen molar-refractivity contribution in [2.45, 2.75) is 19.8 Å². The molecule has 0 amide bonds. The first-order valence-corrected chi connectivity index (χ1v) is 5.59. The molecular weight excluding hydrogens is 236 g/mol. The van der Waals surface area contributed by atoms with Gasteiger partial charge in [0.05, 0.1) is 3.79 Å². The highest BCUT2D eigenvalue weighted by molar-refractivity contribution is 9.11. The fourth-order valence-corrected chi connectivity index (χ4v) is 2.95. The van der Waals surface area contributed by atoms with Crippen LogP contribution in [0.4, 0.5) is 0 Å². The van der Waals surface area contributed by atoms with E-state index in [-0.39, 0.29) is 0 Å². The van der Waals surface area contributed by atoms with E-state index in [1.807, 2.05) is 13.0 Å². The summed E-state index contributed by atoms with van der Waals surface area (Å²) in [6.07, 6.45) is 2.18. The maximum Gasteiger partial charge on any atom is 0.167 e. The molecule has 1 aliphatic carbocycles. The number of carbonyl (C=O) groups excluding carboxylic acids is 1. The Morgan fingerprint density at radius 3 is 2.75 bits per heavy atom. The molecule has 0 bridgehead atoms. The van der Waals surface area contributed by atoms with Crippen LogP contribution >= 0.6 is 27.3 Å². The number of halogens is 1. The van der Waals surface area contributed by atoms with Crippen molar-refractivity contribution in [3.05, 3.63) is 20.3 Å². The molecule has 0 spiro atoms. The van der Waals surface area contributed by atoms with Gasteiger partial charge in [0, 0.05) is 16.4 Å². The van der Waals surface area contributed by atoms with Crippen LogP contribution in [0.15, 0.2) is 9.85 Å². The third kappa shape index (κ3) is 1.48. The van der Waals surface area contributed by atoms with Crippen LogP contribution in [0.1, 0.15) is 28.1 Å². The Hall–Kier alpha value is -0.150. The zero-order valence-corrected chi connectivity index (χ0v) is 9.17. The van der Waals surface area contributed by atoms with E-state index in [9.17, 15) is 4.79 Å². The van der Waals surface area contributed by atoms with Crippen LogP contribution in [0.5, 0.6) is 0 Å². The summed E-state index contributed by atoms with van der Waals surface area (Å²) in [5.74, 6) is 0.680. The summed E-state index contributed by atoms with van der Waals surface area (Å²) in [4.78, 5) is 12.8. The van der Waals surface area contributed by atoms with Crippen molar-refractivity contribution in [2.24, 2.45) is 5.92 Å². The Labute approximate surface area is 83.9 Å². The van der Waals surface area contributed by atoms with E-state index in [2.05, 4.69) is 15.9 Å². The van der Waals surface area contributed by atoms with E-state index in [1.54, 1.807) is 11.3 Å². The molecule has 1 fully saturated rings. The Bertz CT molecular complexity index is 325. The van der Waals surface area contributed by atoms with Crippen molar-refractivity contribution < 1.29 is 4.79 Å². The predicted molar refractivity (Wildman–Crippen MR) is 53.8 cm³/mol. The standard InChI is InChI=1S/C9H9BrOS/c1-5-7(4-8(10)12-5)9(11)6-2-3-6/h4,6H,2-3H2,1H3. The molecule has 1 aliphatic rings. The highest BCUT2D eigenvalue weighted by atomic mass is 79.9. The number of aryl methyl sites for hydroxylation is 1. The quantitative estimate of drug-likeness (QED) is 0.729. The minimum atomic E-state index is 0.338. The van der Waals surface area contributed by atoms with E-state index in [4.69, 9.17) is 0 Å². The number of rotatable bonds is 2. The highest BCUT2D eigenvalue weighted by Crippen LogP contribution is 2.36. The molecule has 0 saturated heterocycles. The molecule has 1 heterocycles. The van der Waals surface area contributed by atoms with Crippen LogP contribution in [-0.4, -0.2) is 5.78 Å². The fraction of sp³-hybridized carbons (Fsp3) is 0.444. The lowest BCUT2D eigenvalue weighted by molar-refractivity contribution is 0.0967. The summed E-state index contributed by atoms with van der Waals surface area (Å²) in [5.41, 5.74) is 0.925. The highest BCUT2D eigenvalue weighted by Gasteiger charge is 2.31. The zero-order valence-electron chi connectivity index (χ0n) is 6.76. The normalized spacial score (nSPS) is 16.5. The monoisotopic (exact) mass is 244 g/mol. The predicted octanol–water partition coefficient (Wildman–Crippen LogP) is 3.41. The largest absolute Gasteiger partial charge is 0.294 e. The van der Waals surface area contributed by atoms with E-state index < -0.39 is 0 Å². The Kier molecular flexibility index (Phi) is 2.09. The summed E-state index contributed by atoms with van der Waals surface area (Å²) < 4.78 is 1.06. The molecule has 64 valence electrons. The average Bonchev–Trinajstić information content (AvgIpc) is 2.77. The smallest absolute Gasteiger partial charge is 0.167 e. The van der Waals surface area contributed by atoms with Gasteiger partial charge in [-0.2, -0.15) is 0 Å². The first kappa shape index (κ1) is 8.45. The molecule has 0 atom stereocenters. The average molecular weight is 245 g/mol. The summed E-state index contributed by atoms with van der Waals surface area (Å²) in [6, 6.07) is 1.95. The van der Waals surface area contributed by atoms with Gasteiger partial charge in [0.2, 0.25) is 0 Å². The van der Waals surface area contributed by atoms with Gasteiger partial charge in [-0.05, 0) is 41.8 Å². The van der Waals surface area contributed by atoms with Gasteiger partial charge >= 0.3 is 0 Å². The van der Waals surface area contributed by atoms with Gasteiger partial charge in [-0.25, -0.2) is 0 Å². The van der Waals surface area contributed by atoms with Crippen LogP contribution in [-0.2, 0) is 0 Å². The maximum absolute atomic E-state index is 11.6. The van der Waals surface area contributed by atoms with Gasteiger partial charge < -0.3 is 0 Å². The number of hydrogen-bond donors (Lipinski definition) is 0. The summed E-state index contributed by atoms with van der Waals surface area (Å²) in [7, 11) is 0. The number of ketones is 1. The van der Waals surface area contributed by atoms with Gasteiger partial charge in [0.1, 0.15) is 0 Å². The molecule has 0 aromatic carbocycles. The van der Waals surface area contributed by atoms with Gasteiger partial charge in [-0.15, -0.1) is 11.3 Å². The molecular formula is C9H9BrOS. The van der Waals surface area contributed by atoms with Gasteiger partial charge in [-0.1, -0.05) is 0 Å². The lowest BCUT2D eigenvalue weighted by atomic mass is 10.1. The molecule has 12 heavy (non-hydrogen) atoms. The van der Waals surface area contributed by atoms with Crippen LogP contribution in [0.2, 0.25) is 0 Å². The zero-order chi connectivity index (χ0) is 8.72. The number of hydrogen-bond acceptors (Lipinski definition) is 2. The number of thiophene rings is 1. The molecule has 1 nitrogen and oxygen atoms in total. The van der Waals surface area contributed by atoms with Gasteiger partial charge in [0.15, 0.2) is 5.78 Å². The lowest BCUT2D eigenvalue weighted by Crippen LogP contribution is -2.00. The van der Waals surface area contributed by atoms with E-state index >= 15 is 0 Å². The molecule has 2 rings (SSSR count). The minimum absolute atomic E-state index is 0.338. The van der Waals surface area contributed by atoms with Gasteiger partial charge in [-0.3, -0.25) is 4.79 Å². The topological polar surface area (TPSA) is 17.1 Å². The first-order valence-electron chi connectivity index (χ1n) is 3.98. The van der Waals surface area contributed by atoms with Gasteiger partial charge in [0.25, 0.3) is 0 Å². The first-order chi connectivity index (χ1) is 5.68. The van der Waals surface area contributed by atoms with Crippen LogP contribution in [0, 0.1) is 12.8 Å². The second-order valence-corrected chi connectivity index (χ2v) is 5.79. The molecule has 0 aliphatic heterocycles. The lowest BCUT2D eigenvalue weighted by Gasteiger charge is -1.94. The van der Waals surface area contributed by atoms with Crippen molar-refractivity contribution in [2.75, 3.05) is 0 Å². The summed E-state index contributed by atoms with van der Waals surface area (Å²) >= 11 is 5.03. The molecule has 0 N–H and O–H groups in total. The maximum atomic E-state index is 11.6. The third-order valence-electron chi connectivity index (χ3n) is 2.10. The minimum Gasteiger partial charge on any atom is -0.294 e. The van der Waals surface area contributed by atoms with E-state index in [1.165, 1.54) is 0 Å². The third-order valence-corrected chi connectivity index (χ3v) is 3.65. The van der Waals surface area contributed by atoms with Crippen LogP contribution in [0.3, 0.4) is 0 Å². The van der Waals surface area contributed by atoms with E-state index in [0.29, 0.717) is 11.7 Å². The number of carbonyl (C=O) groups is 1. The van der Waals surface area contributed by atoms with Crippen molar-refractivity contribution >= 4 is 33.0 Å². The van der Waals surface area contributed by atoms with Crippen molar-refractivity contribution in [1.29, 1.82) is 0 Å². The second-order valence-electron chi connectivity index (χ2n) is 3.16. The van der Waals surface area contributed by atoms with Crippen molar-refractivity contribution in [3.63, 3.8) is 0 Å². The van der Waals surface area contributed by atoms with E-state index in [0.717, 1.165) is 27.1 Å². The molecule has 1 aromatic rings. The van der Waals surface area contributed by atoms with Crippen LogP contribution < -0.4 is 0 Å². The summed E-state index contributed by atoms with van der Waals surface area (Å²) in [5, 5.41) is 0. The van der Waals surface area contributed by atoms with Crippen molar-refractivity contribution in [3.8, 4) is 0 Å². The molecule has 3 heteroatoms. The molecule has 1 saturated carbocycles. The Balaban J connectivity index is 2.31. The van der Waals surface area contributed by atoms with Crippen LogP contribution in [0.25, 0.3) is 0 Å².